The highest BCUT2D eigenvalue weighted by Gasteiger charge is 2.28. The second kappa shape index (κ2) is 4.02. The van der Waals surface area contributed by atoms with Gasteiger partial charge >= 0.3 is 0 Å². The number of nitrogens with two attached hydrogens (primary N) is 1. The Hall–Kier alpha value is -1.00. The molecular formula is C10H13F2NO. The summed E-state index contributed by atoms with van der Waals surface area (Å²) in [7, 11) is 0. The van der Waals surface area contributed by atoms with Crippen LogP contribution in [-0.4, -0.2) is 18.3 Å². The SMILES string of the molecule is CC(CN)(CO)c1cccc(F)c1F. The average molecular weight is 201 g/mol. The molecule has 14 heavy (non-hydrogen) atoms. The number of aliphatic hydroxyl groups excluding tert-OH is 1. The normalized spacial score (nSPS) is 15.2. The summed E-state index contributed by atoms with van der Waals surface area (Å²) in [6.45, 7) is 1.33. The minimum Gasteiger partial charge on any atom is -0.395 e. The van der Waals surface area contributed by atoms with Crippen molar-refractivity contribution in [3.8, 4) is 0 Å². The lowest BCUT2D eigenvalue weighted by Crippen LogP contribution is -2.36. The molecule has 3 N–H and O–H groups in total. The fraction of sp³-hybridized carbons (Fsp3) is 0.400. The van der Waals surface area contributed by atoms with E-state index in [0.29, 0.717) is 0 Å². The number of aliphatic hydroxyl groups is 1. The van der Waals surface area contributed by atoms with Crippen molar-refractivity contribution >= 4 is 0 Å². The van der Waals surface area contributed by atoms with Gasteiger partial charge in [0.05, 0.1) is 6.61 Å². The summed E-state index contributed by atoms with van der Waals surface area (Å²) in [6, 6.07) is 3.87. The van der Waals surface area contributed by atoms with Gasteiger partial charge in [-0.2, -0.15) is 0 Å². The quantitative estimate of drug-likeness (QED) is 0.771. The largest absolute Gasteiger partial charge is 0.395 e. The van der Waals surface area contributed by atoms with Gasteiger partial charge in [0.25, 0.3) is 0 Å². The van der Waals surface area contributed by atoms with Crippen LogP contribution >= 0.6 is 0 Å². The first-order chi connectivity index (χ1) is 6.55. The van der Waals surface area contributed by atoms with E-state index in [2.05, 4.69) is 0 Å². The van der Waals surface area contributed by atoms with Crippen LogP contribution in [0.3, 0.4) is 0 Å². The Balaban J connectivity index is 3.24. The summed E-state index contributed by atoms with van der Waals surface area (Å²) in [5, 5.41) is 9.08. The maximum atomic E-state index is 13.3. The van der Waals surface area contributed by atoms with E-state index in [1.165, 1.54) is 12.1 Å². The van der Waals surface area contributed by atoms with Gasteiger partial charge in [0.1, 0.15) is 0 Å². The van der Waals surface area contributed by atoms with Gasteiger partial charge in [-0.15, -0.1) is 0 Å². The molecule has 0 bridgehead atoms. The van der Waals surface area contributed by atoms with Crippen molar-refractivity contribution in [1.29, 1.82) is 0 Å². The molecular weight excluding hydrogens is 188 g/mol. The first-order valence-electron chi connectivity index (χ1n) is 4.30. The summed E-state index contributed by atoms with van der Waals surface area (Å²) < 4.78 is 26.2. The first kappa shape index (κ1) is 11.1. The topological polar surface area (TPSA) is 46.2 Å². The molecule has 0 radical (unpaired) electrons. The number of benzene rings is 1. The Bertz CT molecular complexity index is 324. The molecule has 1 aromatic carbocycles. The van der Waals surface area contributed by atoms with Gasteiger partial charge in [-0.05, 0) is 6.07 Å². The molecule has 1 aromatic rings. The highest BCUT2D eigenvalue weighted by Crippen LogP contribution is 2.25. The minimum absolute atomic E-state index is 0.0594. The molecule has 2 nitrogen and oxygen atoms in total. The van der Waals surface area contributed by atoms with Gasteiger partial charge < -0.3 is 10.8 Å². The summed E-state index contributed by atoms with van der Waals surface area (Å²) in [6.07, 6.45) is 0. The Labute approximate surface area is 81.4 Å². The Morgan fingerprint density at radius 2 is 2.07 bits per heavy atom. The zero-order valence-electron chi connectivity index (χ0n) is 7.93. The van der Waals surface area contributed by atoms with Crippen LogP contribution in [0.2, 0.25) is 0 Å². The lowest BCUT2D eigenvalue weighted by atomic mass is 9.83. The Morgan fingerprint density at radius 3 is 2.57 bits per heavy atom. The standard InChI is InChI=1S/C10H13F2NO/c1-10(5-13,6-14)7-3-2-4-8(11)9(7)12/h2-4,14H,5-6,13H2,1H3. The molecule has 0 fully saturated rings. The van der Waals surface area contributed by atoms with Gasteiger partial charge in [0.15, 0.2) is 11.6 Å². The fourth-order valence-corrected chi connectivity index (χ4v) is 1.23. The number of hydrogen-bond acceptors (Lipinski definition) is 2. The number of halogens is 2. The Morgan fingerprint density at radius 1 is 1.43 bits per heavy atom. The highest BCUT2D eigenvalue weighted by atomic mass is 19.2. The molecule has 0 aliphatic heterocycles. The van der Waals surface area contributed by atoms with Crippen LogP contribution in [0.25, 0.3) is 0 Å². The van der Waals surface area contributed by atoms with Crippen molar-refractivity contribution in [2.24, 2.45) is 5.73 Å². The summed E-state index contributed by atoms with van der Waals surface area (Å²) in [4.78, 5) is 0. The molecule has 0 saturated heterocycles. The van der Waals surface area contributed by atoms with Crippen LogP contribution in [0, 0.1) is 11.6 Å². The van der Waals surface area contributed by atoms with Crippen LogP contribution < -0.4 is 5.73 Å². The molecule has 0 spiro atoms. The smallest absolute Gasteiger partial charge is 0.162 e. The fourth-order valence-electron chi connectivity index (χ4n) is 1.23. The highest BCUT2D eigenvalue weighted by molar-refractivity contribution is 5.27. The molecule has 0 amide bonds. The molecule has 0 aromatic heterocycles. The van der Waals surface area contributed by atoms with Crippen molar-refractivity contribution in [2.75, 3.05) is 13.2 Å². The average Bonchev–Trinajstić information content (AvgIpc) is 2.21. The van der Waals surface area contributed by atoms with E-state index in [0.717, 1.165) is 6.07 Å². The number of hydrogen-bond donors (Lipinski definition) is 2. The molecule has 1 rings (SSSR count). The van der Waals surface area contributed by atoms with Crippen molar-refractivity contribution in [1.82, 2.24) is 0 Å². The van der Waals surface area contributed by atoms with E-state index in [1.54, 1.807) is 6.92 Å². The van der Waals surface area contributed by atoms with Crippen LogP contribution in [-0.2, 0) is 5.41 Å². The third-order valence-electron chi connectivity index (χ3n) is 2.40. The van der Waals surface area contributed by atoms with E-state index in [1.807, 2.05) is 0 Å². The third kappa shape index (κ3) is 1.76. The van der Waals surface area contributed by atoms with E-state index < -0.39 is 17.0 Å². The second-order valence-corrected chi connectivity index (χ2v) is 3.52. The molecule has 4 heteroatoms. The minimum atomic E-state index is -0.936. The van der Waals surface area contributed by atoms with E-state index in [4.69, 9.17) is 10.8 Å². The van der Waals surface area contributed by atoms with Gasteiger partial charge in [-0.1, -0.05) is 19.1 Å². The lowest BCUT2D eigenvalue weighted by molar-refractivity contribution is 0.205. The van der Waals surface area contributed by atoms with Gasteiger partial charge in [-0.3, -0.25) is 0 Å². The van der Waals surface area contributed by atoms with E-state index >= 15 is 0 Å². The van der Waals surface area contributed by atoms with Crippen LogP contribution in [0.4, 0.5) is 8.78 Å². The summed E-state index contributed by atoms with van der Waals surface area (Å²) in [5.74, 6) is -1.86. The number of rotatable bonds is 3. The Kier molecular flexibility index (Phi) is 3.18. The van der Waals surface area contributed by atoms with Crippen LogP contribution in [0.5, 0.6) is 0 Å². The van der Waals surface area contributed by atoms with Crippen molar-refractivity contribution in [2.45, 2.75) is 12.3 Å². The predicted molar refractivity (Wildman–Crippen MR) is 49.9 cm³/mol. The predicted octanol–water partition coefficient (Wildman–Crippen LogP) is 1.17. The van der Waals surface area contributed by atoms with Crippen molar-refractivity contribution < 1.29 is 13.9 Å². The summed E-state index contributed by atoms with van der Waals surface area (Å²) in [5.41, 5.74) is 4.61. The molecule has 0 heterocycles. The molecule has 0 aliphatic carbocycles. The van der Waals surface area contributed by atoms with Gasteiger partial charge in [0, 0.05) is 17.5 Å². The van der Waals surface area contributed by atoms with Crippen molar-refractivity contribution in [3.05, 3.63) is 35.4 Å². The summed E-state index contributed by atoms with van der Waals surface area (Å²) >= 11 is 0. The van der Waals surface area contributed by atoms with E-state index in [9.17, 15) is 8.78 Å². The lowest BCUT2D eigenvalue weighted by Gasteiger charge is -2.26. The van der Waals surface area contributed by atoms with Gasteiger partial charge in [0.2, 0.25) is 0 Å². The molecule has 0 aliphatic rings. The molecule has 1 unspecified atom stereocenters. The first-order valence-corrected chi connectivity index (χ1v) is 4.30. The zero-order valence-corrected chi connectivity index (χ0v) is 7.93. The zero-order chi connectivity index (χ0) is 10.8. The van der Waals surface area contributed by atoms with Crippen molar-refractivity contribution in [3.63, 3.8) is 0 Å². The van der Waals surface area contributed by atoms with Gasteiger partial charge in [-0.25, -0.2) is 8.78 Å². The van der Waals surface area contributed by atoms with Crippen LogP contribution in [0.15, 0.2) is 18.2 Å². The monoisotopic (exact) mass is 201 g/mol. The maximum Gasteiger partial charge on any atom is 0.162 e. The molecule has 78 valence electrons. The molecule has 1 atom stereocenters. The third-order valence-corrected chi connectivity index (χ3v) is 2.40. The maximum absolute atomic E-state index is 13.3. The van der Waals surface area contributed by atoms with Crippen LogP contribution in [0.1, 0.15) is 12.5 Å². The van der Waals surface area contributed by atoms with E-state index in [-0.39, 0.29) is 18.7 Å². The second-order valence-electron chi connectivity index (χ2n) is 3.52. The molecule has 0 saturated carbocycles.